The predicted molar refractivity (Wildman–Crippen MR) is 122 cm³/mol. The number of para-hydroxylation sites is 1. The SMILES string of the molecule is CC(=O)NCCCc1ccc(-c2csc(NC(=O)c3ccccc3-n3cnnn3)n2)cc1. The molecular weight excluding hydrogens is 426 g/mol. The summed E-state index contributed by atoms with van der Waals surface area (Å²) in [5, 5.41) is 19.2. The van der Waals surface area contributed by atoms with Crippen LogP contribution in [0.15, 0.2) is 60.2 Å². The number of hydrogen-bond donors (Lipinski definition) is 2. The van der Waals surface area contributed by atoms with Gasteiger partial charge in [0.25, 0.3) is 5.91 Å². The normalized spacial score (nSPS) is 10.7. The number of anilines is 1. The molecule has 32 heavy (non-hydrogen) atoms. The standard InChI is InChI=1S/C22H21N7O2S/c1-15(30)23-12-4-5-16-8-10-17(11-9-16)19-13-32-22(25-19)26-21(31)18-6-2-3-7-20(18)29-14-24-27-28-29/h2-3,6-11,13-14H,4-5,12H2,1H3,(H,23,30)(H,25,26,31). The molecule has 162 valence electrons. The van der Waals surface area contributed by atoms with E-state index in [9.17, 15) is 9.59 Å². The number of nitrogens with zero attached hydrogens (tertiary/aromatic N) is 5. The summed E-state index contributed by atoms with van der Waals surface area (Å²) < 4.78 is 1.44. The maximum absolute atomic E-state index is 12.8. The van der Waals surface area contributed by atoms with Gasteiger partial charge in [0, 0.05) is 24.4 Å². The average Bonchev–Trinajstić information content (AvgIpc) is 3.50. The van der Waals surface area contributed by atoms with Crippen molar-refractivity contribution in [3.8, 4) is 16.9 Å². The number of tetrazole rings is 1. The summed E-state index contributed by atoms with van der Waals surface area (Å²) in [5.74, 6) is -0.294. The zero-order chi connectivity index (χ0) is 22.3. The van der Waals surface area contributed by atoms with Gasteiger partial charge in [0.05, 0.1) is 16.9 Å². The molecule has 9 nitrogen and oxygen atoms in total. The molecule has 0 saturated heterocycles. The first-order valence-corrected chi connectivity index (χ1v) is 10.9. The zero-order valence-corrected chi connectivity index (χ0v) is 18.2. The van der Waals surface area contributed by atoms with Gasteiger partial charge in [0.2, 0.25) is 5.91 Å². The molecule has 0 saturated carbocycles. The summed E-state index contributed by atoms with van der Waals surface area (Å²) in [6, 6.07) is 15.2. The minimum absolute atomic E-state index is 0.00864. The van der Waals surface area contributed by atoms with E-state index in [-0.39, 0.29) is 11.8 Å². The first-order chi connectivity index (χ1) is 15.6. The van der Waals surface area contributed by atoms with Crippen molar-refractivity contribution >= 4 is 28.3 Å². The lowest BCUT2D eigenvalue weighted by atomic mass is 10.1. The van der Waals surface area contributed by atoms with Crippen molar-refractivity contribution in [3.63, 3.8) is 0 Å². The highest BCUT2D eigenvalue weighted by atomic mass is 32.1. The molecule has 0 atom stereocenters. The lowest BCUT2D eigenvalue weighted by Crippen LogP contribution is -2.21. The molecule has 2 aromatic carbocycles. The first-order valence-electron chi connectivity index (χ1n) is 10.0. The zero-order valence-electron chi connectivity index (χ0n) is 17.4. The van der Waals surface area contributed by atoms with Crippen molar-refractivity contribution in [2.24, 2.45) is 0 Å². The van der Waals surface area contributed by atoms with Crippen molar-refractivity contribution in [1.29, 1.82) is 0 Å². The van der Waals surface area contributed by atoms with E-state index in [1.54, 1.807) is 18.2 Å². The van der Waals surface area contributed by atoms with Crippen LogP contribution in [0.5, 0.6) is 0 Å². The van der Waals surface area contributed by atoms with Gasteiger partial charge in [0.1, 0.15) is 6.33 Å². The van der Waals surface area contributed by atoms with E-state index in [1.165, 1.54) is 34.8 Å². The number of carbonyl (C=O) groups excluding carboxylic acids is 2. The monoisotopic (exact) mass is 447 g/mol. The fourth-order valence-corrected chi connectivity index (χ4v) is 3.88. The van der Waals surface area contributed by atoms with Gasteiger partial charge < -0.3 is 5.32 Å². The Morgan fingerprint density at radius 3 is 2.66 bits per heavy atom. The summed E-state index contributed by atoms with van der Waals surface area (Å²) in [6.45, 7) is 2.19. The average molecular weight is 448 g/mol. The van der Waals surface area contributed by atoms with Crippen LogP contribution in [0.25, 0.3) is 16.9 Å². The second-order valence-electron chi connectivity index (χ2n) is 7.05. The Kier molecular flexibility index (Phi) is 6.61. The Bertz CT molecular complexity index is 1200. The fraction of sp³-hybridized carbons (Fsp3) is 0.182. The Hall–Kier alpha value is -3.92. The molecule has 0 aliphatic rings. The van der Waals surface area contributed by atoms with E-state index in [4.69, 9.17) is 0 Å². The number of benzene rings is 2. The van der Waals surface area contributed by atoms with Gasteiger partial charge in [-0.15, -0.1) is 16.4 Å². The van der Waals surface area contributed by atoms with Crippen molar-refractivity contribution in [2.45, 2.75) is 19.8 Å². The molecule has 4 rings (SSSR count). The molecule has 2 aromatic heterocycles. The van der Waals surface area contributed by atoms with Gasteiger partial charge in [-0.25, -0.2) is 4.98 Å². The van der Waals surface area contributed by atoms with Crippen LogP contribution in [0.4, 0.5) is 5.13 Å². The van der Waals surface area contributed by atoms with Gasteiger partial charge in [-0.05, 0) is 41.0 Å². The molecule has 4 aromatic rings. The second kappa shape index (κ2) is 9.92. The summed E-state index contributed by atoms with van der Waals surface area (Å²) >= 11 is 1.36. The van der Waals surface area contributed by atoms with Crippen molar-refractivity contribution in [3.05, 3.63) is 71.4 Å². The van der Waals surface area contributed by atoms with Gasteiger partial charge >= 0.3 is 0 Å². The van der Waals surface area contributed by atoms with Crippen LogP contribution in [0.3, 0.4) is 0 Å². The molecule has 2 heterocycles. The molecule has 10 heteroatoms. The van der Waals surface area contributed by atoms with E-state index in [2.05, 4.69) is 43.3 Å². The smallest absolute Gasteiger partial charge is 0.259 e. The number of hydrogen-bond acceptors (Lipinski definition) is 7. The summed E-state index contributed by atoms with van der Waals surface area (Å²) in [4.78, 5) is 28.3. The highest BCUT2D eigenvalue weighted by molar-refractivity contribution is 7.14. The fourth-order valence-electron chi connectivity index (χ4n) is 3.16. The molecular formula is C22H21N7O2S. The van der Waals surface area contributed by atoms with Crippen LogP contribution in [0, 0.1) is 0 Å². The van der Waals surface area contributed by atoms with Crippen molar-refractivity contribution < 1.29 is 9.59 Å². The Balaban J connectivity index is 1.40. The predicted octanol–water partition coefficient (Wildman–Crippen LogP) is 3.11. The van der Waals surface area contributed by atoms with Crippen molar-refractivity contribution in [2.75, 3.05) is 11.9 Å². The minimum atomic E-state index is -0.286. The maximum atomic E-state index is 12.8. The quantitative estimate of drug-likeness (QED) is 0.401. The van der Waals surface area contributed by atoms with Crippen LogP contribution in [-0.2, 0) is 11.2 Å². The molecule has 0 fully saturated rings. The maximum Gasteiger partial charge on any atom is 0.259 e. The lowest BCUT2D eigenvalue weighted by Gasteiger charge is -2.07. The number of carbonyl (C=O) groups is 2. The molecule has 0 aliphatic heterocycles. The van der Waals surface area contributed by atoms with Gasteiger partial charge in [-0.3, -0.25) is 14.9 Å². The molecule has 0 spiro atoms. The third-order valence-corrected chi connectivity index (χ3v) is 5.49. The van der Waals surface area contributed by atoms with E-state index < -0.39 is 0 Å². The third-order valence-electron chi connectivity index (χ3n) is 4.74. The van der Waals surface area contributed by atoms with Crippen LogP contribution >= 0.6 is 11.3 Å². The highest BCUT2D eigenvalue weighted by Gasteiger charge is 2.15. The first kappa shape index (κ1) is 21.3. The molecule has 0 radical (unpaired) electrons. The highest BCUT2D eigenvalue weighted by Crippen LogP contribution is 2.26. The lowest BCUT2D eigenvalue weighted by molar-refractivity contribution is -0.118. The van der Waals surface area contributed by atoms with Gasteiger partial charge in [-0.2, -0.15) is 4.68 Å². The Morgan fingerprint density at radius 1 is 1.09 bits per heavy atom. The van der Waals surface area contributed by atoms with Crippen LogP contribution < -0.4 is 10.6 Å². The van der Waals surface area contributed by atoms with Crippen LogP contribution in [-0.4, -0.2) is 43.6 Å². The topological polar surface area (TPSA) is 115 Å². The summed E-state index contributed by atoms with van der Waals surface area (Å²) in [7, 11) is 0. The molecule has 0 aliphatic carbocycles. The summed E-state index contributed by atoms with van der Waals surface area (Å²) in [6.07, 6.45) is 3.22. The largest absolute Gasteiger partial charge is 0.356 e. The number of nitrogens with one attached hydrogen (secondary N) is 2. The summed E-state index contributed by atoms with van der Waals surface area (Å²) in [5.41, 5.74) is 3.99. The number of aromatic nitrogens is 5. The number of thiazole rings is 1. The van der Waals surface area contributed by atoms with E-state index in [1.807, 2.05) is 23.6 Å². The molecule has 0 unspecified atom stereocenters. The Morgan fingerprint density at radius 2 is 1.91 bits per heavy atom. The number of rotatable bonds is 8. The van der Waals surface area contributed by atoms with Gasteiger partial charge in [-0.1, -0.05) is 36.4 Å². The molecule has 2 amide bonds. The third kappa shape index (κ3) is 5.22. The second-order valence-corrected chi connectivity index (χ2v) is 7.91. The Labute approximate surface area is 188 Å². The van der Waals surface area contributed by atoms with E-state index in [0.717, 1.165) is 24.1 Å². The molecule has 2 N–H and O–H groups in total. The van der Waals surface area contributed by atoms with Crippen LogP contribution in [0.1, 0.15) is 29.3 Å². The van der Waals surface area contributed by atoms with Crippen molar-refractivity contribution in [1.82, 2.24) is 30.5 Å². The van der Waals surface area contributed by atoms with Crippen LogP contribution in [0.2, 0.25) is 0 Å². The van der Waals surface area contributed by atoms with E-state index in [0.29, 0.717) is 22.9 Å². The molecule has 0 bridgehead atoms. The number of aryl methyl sites for hydroxylation is 1. The minimum Gasteiger partial charge on any atom is -0.356 e. The van der Waals surface area contributed by atoms with Gasteiger partial charge in [0.15, 0.2) is 5.13 Å². The number of amides is 2. The van der Waals surface area contributed by atoms with E-state index >= 15 is 0 Å².